The zero-order valence-corrected chi connectivity index (χ0v) is 12.5. The third-order valence-electron chi connectivity index (χ3n) is 4.00. The number of nitrogens with one attached hydrogen (secondary N) is 1. The van der Waals surface area contributed by atoms with Crippen LogP contribution in [0, 0.1) is 5.92 Å². The van der Waals surface area contributed by atoms with Gasteiger partial charge in [0.05, 0.1) is 0 Å². The molecule has 1 aliphatic heterocycles. The molecule has 20 heavy (non-hydrogen) atoms. The monoisotopic (exact) mass is 274 g/mol. The Hall–Kier alpha value is -1.35. The van der Waals surface area contributed by atoms with Gasteiger partial charge in [-0.2, -0.15) is 0 Å². The maximum Gasteiger partial charge on any atom is 0.226 e. The van der Waals surface area contributed by atoms with Gasteiger partial charge in [0, 0.05) is 19.0 Å². The van der Waals surface area contributed by atoms with E-state index in [2.05, 4.69) is 29.3 Å². The Morgan fingerprint density at radius 3 is 2.60 bits per heavy atom. The van der Waals surface area contributed by atoms with Crippen LogP contribution in [0.4, 0.5) is 0 Å². The SMILES string of the molecule is CCCCN(Cc1ccccc1)C(=O)C1CCNCC1. The summed E-state index contributed by atoms with van der Waals surface area (Å²) in [7, 11) is 0. The number of piperidine rings is 1. The predicted molar refractivity (Wildman–Crippen MR) is 82.4 cm³/mol. The Bertz CT molecular complexity index is 399. The minimum atomic E-state index is 0.219. The van der Waals surface area contributed by atoms with E-state index in [4.69, 9.17) is 0 Å². The Morgan fingerprint density at radius 1 is 1.25 bits per heavy atom. The fourth-order valence-electron chi connectivity index (χ4n) is 2.75. The molecule has 1 aliphatic rings. The Morgan fingerprint density at radius 2 is 1.95 bits per heavy atom. The van der Waals surface area contributed by atoms with Gasteiger partial charge in [0.25, 0.3) is 0 Å². The highest BCUT2D eigenvalue weighted by Crippen LogP contribution is 2.17. The molecule has 3 heteroatoms. The lowest BCUT2D eigenvalue weighted by molar-refractivity contribution is -0.137. The van der Waals surface area contributed by atoms with Crippen molar-refractivity contribution in [3.05, 3.63) is 35.9 Å². The van der Waals surface area contributed by atoms with Crippen LogP contribution in [0.15, 0.2) is 30.3 Å². The van der Waals surface area contributed by atoms with Crippen molar-refractivity contribution in [2.75, 3.05) is 19.6 Å². The summed E-state index contributed by atoms with van der Waals surface area (Å²) in [5.74, 6) is 0.570. The molecular formula is C17H26N2O. The van der Waals surface area contributed by atoms with E-state index < -0.39 is 0 Å². The minimum Gasteiger partial charge on any atom is -0.338 e. The van der Waals surface area contributed by atoms with Crippen LogP contribution in [-0.2, 0) is 11.3 Å². The van der Waals surface area contributed by atoms with E-state index in [-0.39, 0.29) is 5.92 Å². The molecule has 2 rings (SSSR count). The number of carbonyl (C=O) groups is 1. The van der Waals surface area contributed by atoms with E-state index in [0.29, 0.717) is 5.91 Å². The molecule has 1 heterocycles. The Balaban J connectivity index is 2.00. The van der Waals surface area contributed by atoms with Crippen LogP contribution < -0.4 is 5.32 Å². The van der Waals surface area contributed by atoms with E-state index in [9.17, 15) is 4.79 Å². The van der Waals surface area contributed by atoms with Crippen molar-refractivity contribution in [3.8, 4) is 0 Å². The second-order valence-electron chi connectivity index (χ2n) is 5.62. The molecule has 0 radical (unpaired) electrons. The van der Waals surface area contributed by atoms with Gasteiger partial charge in [-0.3, -0.25) is 4.79 Å². The third kappa shape index (κ3) is 4.34. The van der Waals surface area contributed by atoms with Gasteiger partial charge in [-0.1, -0.05) is 43.7 Å². The van der Waals surface area contributed by atoms with Crippen LogP contribution in [0.25, 0.3) is 0 Å². The summed E-state index contributed by atoms with van der Waals surface area (Å²) in [5, 5.41) is 3.33. The highest BCUT2D eigenvalue weighted by Gasteiger charge is 2.25. The van der Waals surface area contributed by atoms with Gasteiger partial charge < -0.3 is 10.2 Å². The standard InChI is InChI=1S/C17H26N2O/c1-2-3-13-19(14-15-7-5-4-6-8-15)17(20)16-9-11-18-12-10-16/h4-8,16,18H,2-3,9-14H2,1H3. The molecule has 0 saturated carbocycles. The first-order chi connectivity index (χ1) is 9.81. The second kappa shape index (κ2) is 8.05. The fraction of sp³-hybridized carbons (Fsp3) is 0.588. The number of hydrogen-bond donors (Lipinski definition) is 1. The zero-order valence-electron chi connectivity index (χ0n) is 12.5. The number of amides is 1. The molecule has 1 fully saturated rings. The van der Waals surface area contributed by atoms with Crippen molar-refractivity contribution < 1.29 is 4.79 Å². The van der Waals surface area contributed by atoms with E-state index in [1.807, 2.05) is 18.2 Å². The highest BCUT2D eigenvalue weighted by molar-refractivity contribution is 5.79. The fourth-order valence-corrected chi connectivity index (χ4v) is 2.75. The normalized spacial score (nSPS) is 16.1. The zero-order chi connectivity index (χ0) is 14.2. The predicted octanol–water partition coefficient (Wildman–Crippen LogP) is 2.81. The van der Waals surface area contributed by atoms with Crippen molar-refractivity contribution in [3.63, 3.8) is 0 Å². The molecule has 0 unspecified atom stereocenters. The number of nitrogens with zero attached hydrogens (tertiary/aromatic N) is 1. The first-order valence-corrected chi connectivity index (χ1v) is 7.84. The van der Waals surface area contributed by atoms with Crippen molar-refractivity contribution in [2.45, 2.75) is 39.2 Å². The Labute approximate surface area is 122 Å². The molecule has 110 valence electrons. The Kier molecular flexibility index (Phi) is 6.06. The molecule has 1 N–H and O–H groups in total. The van der Waals surface area contributed by atoms with Crippen molar-refractivity contribution in [2.24, 2.45) is 5.92 Å². The summed E-state index contributed by atoms with van der Waals surface area (Å²) in [5.41, 5.74) is 1.23. The molecule has 0 aromatic heterocycles. The number of hydrogen-bond acceptors (Lipinski definition) is 2. The average molecular weight is 274 g/mol. The molecule has 0 spiro atoms. The van der Waals surface area contributed by atoms with Gasteiger partial charge in [-0.05, 0) is 37.9 Å². The van der Waals surface area contributed by atoms with Crippen LogP contribution in [0.3, 0.4) is 0 Å². The van der Waals surface area contributed by atoms with Gasteiger partial charge in [0.2, 0.25) is 5.91 Å². The topological polar surface area (TPSA) is 32.3 Å². The molecule has 1 aromatic rings. The van der Waals surface area contributed by atoms with Gasteiger partial charge in [0.1, 0.15) is 0 Å². The van der Waals surface area contributed by atoms with Crippen LogP contribution in [0.1, 0.15) is 38.2 Å². The molecule has 0 atom stereocenters. The van der Waals surface area contributed by atoms with Crippen molar-refractivity contribution >= 4 is 5.91 Å². The molecule has 1 saturated heterocycles. The van der Waals surface area contributed by atoms with Crippen LogP contribution in [-0.4, -0.2) is 30.4 Å². The number of benzene rings is 1. The van der Waals surface area contributed by atoms with Gasteiger partial charge >= 0.3 is 0 Å². The van der Waals surface area contributed by atoms with E-state index >= 15 is 0 Å². The van der Waals surface area contributed by atoms with Crippen molar-refractivity contribution in [1.29, 1.82) is 0 Å². The van der Waals surface area contributed by atoms with E-state index in [0.717, 1.165) is 51.9 Å². The quantitative estimate of drug-likeness (QED) is 0.865. The minimum absolute atomic E-state index is 0.219. The first-order valence-electron chi connectivity index (χ1n) is 7.84. The molecule has 0 bridgehead atoms. The lowest BCUT2D eigenvalue weighted by atomic mass is 9.96. The summed E-state index contributed by atoms with van der Waals surface area (Å²) in [6.45, 7) is 5.76. The third-order valence-corrected chi connectivity index (χ3v) is 4.00. The summed E-state index contributed by atoms with van der Waals surface area (Å²) < 4.78 is 0. The summed E-state index contributed by atoms with van der Waals surface area (Å²) in [6.07, 6.45) is 4.18. The largest absolute Gasteiger partial charge is 0.338 e. The number of unbranched alkanes of at least 4 members (excludes halogenated alkanes) is 1. The van der Waals surface area contributed by atoms with Gasteiger partial charge in [-0.15, -0.1) is 0 Å². The van der Waals surface area contributed by atoms with Crippen LogP contribution in [0.5, 0.6) is 0 Å². The van der Waals surface area contributed by atoms with E-state index in [1.54, 1.807) is 0 Å². The molecule has 1 aromatic carbocycles. The smallest absolute Gasteiger partial charge is 0.226 e. The summed E-state index contributed by atoms with van der Waals surface area (Å²) in [4.78, 5) is 14.8. The molecule has 0 aliphatic carbocycles. The molecule has 3 nitrogen and oxygen atoms in total. The van der Waals surface area contributed by atoms with Gasteiger partial charge in [0.15, 0.2) is 0 Å². The lowest BCUT2D eigenvalue weighted by Crippen LogP contribution is -2.41. The highest BCUT2D eigenvalue weighted by atomic mass is 16.2. The maximum atomic E-state index is 12.7. The second-order valence-corrected chi connectivity index (χ2v) is 5.62. The van der Waals surface area contributed by atoms with Crippen LogP contribution in [0.2, 0.25) is 0 Å². The summed E-state index contributed by atoms with van der Waals surface area (Å²) >= 11 is 0. The number of rotatable bonds is 6. The van der Waals surface area contributed by atoms with Gasteiger partial charge in [-0.25, -0.2) is 0 Å². The van der Waals surface area contributed by atoms with Crippen molar-refractivity contribution in [1.82, 2.24) is 10.2 Å². The lowest BCUT2D eigenvalue weighted by Gasteiger charge is -2.30. The van der Waals surface area contributed by atoms with Crippen LogP contribution >= 0.6 is 0 Å². The summed E-state index contributed by atoms with van der Waals surface area (Å²) in [6, 6.07) is 10.3. The molecular weight excluding hydrogens is 248 g/mol. The molecule has 1 amide bonds. The number of carbonyl (C=O) groups excluding carboxylic acids is 1. The maximum absolute atomic E-state index is 12.7. The average Bonchev–Trinajstić information content (AvgIpc) is 2.52. The van der Waals surface area contributed by atoms with E-state index in [1.165, 1.54) is 5.56 Å². The first kappa shape index (κ1) is 15.0.